The molecule has 2 unspecified atom stereocenters. The summed E-state index contributed by atoms with van der Waals surface area (Å²) >= 11 is 0. The summed E-state index contributed by atoms with van der Waals surface area (Å²) in [6.45, 7) is 3.04. The van der Waals surface area contributed by atoms with Crippen molar-refractivity contribution < 1.29 is 23.1 Å². The minimum Gasteiger partial charge on any atom is -0.493 e. The van der Waals surface area contributed by atoms with Crippen LogP contribution in [-0.4, -0.2) is 48.4 Å². The molecule has 1 saturated heterocycles. The van der Waals surface area contributed by atoms with Gasteiger partial charge in [0.05, 0.1) is 25.0 Å². The summed E-state index contributed by atoms with van der Waals surface area (Å²) < 4.78 is 32.4. The monoisotopic (exact) mass is 430 g/mol. The highest BCUT2D eigenvalue weighted by Gasteiger charge is 2.31. The van der Waals surface area contributed by atoms with Crippen LogP contribution in [-0.2, 0) is 9.59 Å². The molecule has 7 heteroatoms. The van der Waals surface area contributed by atoms with Crippen LogP contribution in [0, 0.1) is 17.6 Å². The van der Waals surface area contributed by atoms with Gasteiger partial charge in [0.15, 0.2) is 11.6 Å². The lowest BCUT2D eigenvalue weighted by molar-refractivity contribution is -0.141. The van der Waals surface area contributed by atoms with E-state index in [0.29, 0.717) is 25.1 Å². The van der Waals surface area contributed by atoms with Crippen molar-refractivity contribution >= 4 is 11.8 Å². The van der Waals surface area contributed by atoms with Crippen molar-refractivity contribution in [3.05, 3.63) is 65.7 Å². The van der Waals surface area contributed by atoms with Crippen molar-refractivity contribution in [2.75, 3.05) is 26.7 Å². The van der Waals surface area contributed by atoms with E-state index in [9.17, 15) is 18.4 Å². The Hall–Kier alpha value is -2.96. The van der Waals surface area contributed by atoms with Crippen LogP contribution in [0.5, 0.6) is 5.75 Å². The molecule has 31 heavy (non-hydrogen) atoms. The number of nitrogens with zero attached hydrogens (tertiary/aromatic N) is 2. The number of carbonyl (C=O) groups excluding carboxylic acids is 2. The number of likely N-dealkylation sites (tertiary alicyclic amines) is 1. The molecule has 1 fully saturated rings. The molecule has 3 rings (SSSR count). The average Bonchev–Trinajstić information content (AvgIpc) is 2.80. The number of hydrogen-bond acceptors (Lipinski definition) is 3. The Morgan fingerprint density at radius 2 is 1.90 bits per heavy atom. The fraction of sp³-hybridized carbons (Fsp3) is 0.417. The van der Waals surface area contributed by atoms with Crippen LogP contribution in [0.15, 0.2) is 48.5 Å². The topological polar surface area (TPSA) is 49.9 Å². The van der Waals surface area contributed by atoms with Crippen LogP contribution in [0.25, 0.3) is 0 Å². The largest absolute Gasteiger partial charge is 0.493 e. The number of amides is 2. The van der Waals surface area contributed by atoms with Gasteiger partial charge in [0.1, 0.15) is 5.75 Å². The van der Waals surface area contributed by atoms with Gasteiger partial charge >= 0.3 is 0 Å². The van der Waals surface area contributed by atoms with Gasteiger partial charge in [-0.15, -0.1) is 0 Å². The second kappa shape index (κ2) is 10.4. The number of carbonyl (C=O) groups is 2. The van der Waals surface area contributed by atoms with E-state index in [4.69, 9.17) is 4.74 Å². The van der Waals surface area contributed by atoms with Crippen molar-refractivity contribution in [1.82, 2.24) is 9.80 Å². The van der Waals surface area contributed by atoms with Crippen LogP contribution < -0.4 is 4.74 Å². The van der Waals surface area contributed by atoms with E-state index in [2.05, 4.69) is 0 Å². The lowest BCUT2D eigenvalue weighted by Crippen LogP contribution is -2.46. The molecular weight excluding hydrogens is 402 g/mol. The van der Waals surface area contributed by atoms with E-state index >= 15 is 0 Å². The Bertz CT molecular complexity index is 907. The van der Waals surface area contributed by atoms with E-state index in [1.807, 2.05) is 30.3 Å². The molecule has 0 aromatic heterocycles. The molecule has 2 aromatic carbocycles. The molecule has 2 aromatic rings. The van der Waals surface area contributed by atoms with Gasteiger partial charge in [-0.25, -0.2) is 8.78 Å². The maximum atomic E-state index is 13.6. The van der Waals surface area contributed by atoms with Gasteiger partial charge < -0.3 is 14.5 Å². The fourth-order valence-corrected chi connectivity index (χ4v) is 3.81. The molecule has 0 aliphatic carbocycles. The van der Waals surface area contributed by atoms with Crippen LogP contribution in [0.4, 0.5) is 8.78 Å². The number of piperidine rings is 1. The van der Waals surface area contributed by atoms with E-state index in [1.165, 1.54) is 6.07 Å². The molecule has 0 spiro atoms. The normalized spacial score (nSPS) is 17.2. The third kappa shape index (κ3) is 5.81. The van der Waals surface area contributed by atoms with Gasteiger partial charge in [0, 0.05) is 20.1 Å². The minimum absolute atomic E-state index is 0.0373. The highest BCUT2D eigenvalue weighted by molar-refractivity contribution is 5.81. The number of halogens is 2. The Balaban J connectivity index is 1.54. The van der Waals surface area contributed by atoms with E-state index in [1.54, 1.807) is 23.8 Å². The quantitative estimate of drug-likeness (QED) is 0.662. The summed E-state index contributed by atoms with van der Waals surface area (Å²) in [6.07, 6.45) is 1.68. The summed E-state index contributed by atoms with van der Waals surface area (Å²) in [5.74, 6) is -1.58. The molecule has 0 radical (unpaired) electrons. The van der Waals surface area contributed by atoms with Gasteiger partial charge in [-0.2, -0.15) is 0 Å². The first-order chi connectivity index (χ1) is 14.9. The van der Waals surface area contributed by atoms with Gasteiger partial charge in [-0.1, -0.05) is 24.3 Å². The van der Waals surface area contributed by atoms with Gasteiger partial charge in [-0.3, -0.25) is 9.59 Å². The zero-order valence-corrected chi connectivity index (χ0v) is 17.9. The summed E-state index contributed by atoms with van der Waals surface area (Å²) in [5, 5.41) is 0. The highest BCUT2D eigenvalue weighted by Crippen LogP contribution is 2.26. The van der Waals surface area contributed by atoms with E-state index < -0.39 is 17.7 Å². The molecule has 1 heterocycles. The third-order valence-corrected chi connectivity index (χ3v) is 5.81. The molecule has 166 valence electrons. The predicted molar refractivity (Wildman–Crippen MR) is 113 cm³/mol. The van der Waals surface area contributed by atoms with E-state index in [0.717, 1.165) is 24.3 Å². The second-order valence-corrected chi connectivity index (χ2v) is 7.89. The van der Waals surface area contributed by atoms with E-state index in [-0.39, 0.29) is 30.8 Å². The Labute approximate surface area is 181 Å². The lowest BCUT2D eigenvalue weighted by Gasteiger charge is -2.36. The number of ether oxygens (including phenoxy) is 1. The summed E-state index contributed by atoms with van der Waals surface area (Å²) in [7, 11) is 1.66. The van der Waals surface area contributed by atoms with Crippen LogP contribution in [0.1, 0.15) is 37.8 Å². The highest BCUT2D eigenvalue weighted by atomic mass is 19.2. The SMILES string of the molecule is CC(c1ccc(F)c(F)c1)N(C)C(=O)C1CCCN(C(=O)CCOc2ccccc2)C1. The molecule has 1 aliphatic heterocycles. The van der Waals surface area contributed by atoms with Gasteiger partial charge in [-0.05, 0) is 49.6 Å². The van der Waals surface area contributed by atoms with Gasteiger partial charge in [0.2, 0.25) is 11.8 Å². The van der Waals surface area contributed by atoms with Crippen LogP contribution in [0.3, 0.4) is 0 Å². The minimum atomic E-state index is -0.933. The standard InChI is InChI=1S/C24H28F2N2O3/c1-17(18-10-11-21(25)22(26)15-18)27(2)24(30)19-7-6-13-28(16-19)23(29)12-14-31-20-8-4-3-5-9-20/h3-5,8-11,15,17,19H,6-7,12-14,16H2,1-2H3. The maximum Gasteiger partial charge on any atom is 0.227 e. The van der Waals surface area contributed by atoms with Crippen LogP contribution >= 0.6 is 0 Å². The summed E-state index contributed by atoms with van der Waals surface area (Å²) in [6, 6.07) is 12.6. The maximum absolute atomic E-state index is 13.6. The van der Waals surface area contributed by atoms with Gasteiger partial charge in [0.25, 0.3) is 0 Å². The lowest BCUT2D eigenvalue weighted by atomic mass is 9.95. The van der Waals surface area contributed by atoms with Crippen molar-refractivity contribution in [3.63, 3.8) is 0 Å². The Morgan fingerprint density at radius 1 is 1.16 bits per heavy atom. The molecule has 1 aliphatic rings. The van der Waals surface area contributed by atoms with Crippen molar-refractivity contribution in [2.45, 2.75) is 32.2 Å². The first-order valence-corrected chi connectivity index (χ1v) is 10.5. The number of para-hydroxylation sites is 1. The number of rotatable bonds is 7. The summed E-state index contributed by atoms with van der Waals surface area (Å²) in [4.78, 5) is 28.9. The first kappa shape index (κ1) is 22.7. The Morgan fingerprint density at radius 3 is 2.61 bits per heavy atom. The van der Waals surface area contributed by atoms with Crippen molar-refractivity contribution in [1.29, 1.82) is 0 Å². The summed E-state index contributed by atoms with van der Waals surface area (Å²) in [5.41, 5.74) is 0.525. The molecule has 0 bridgehead atoms. The third-order valence-electron chi connectivity index (χ3n) is 5.81. The molecule has 0 saturated carbocycles. The zero-order chi connectivity index (χ0) is 22.4. The number of hydrogen-bond donors (Lipinski definition) is 0. The van der Waals surface area contributed by atoms with Crippen molar-refractivity contribution in [2.24, 2.45) is 5.92 Å². The second-order valence-electron chi connectivity index (χ2n) is 7.89. The molecular formula is C24H28F2N2O3. The molecule has 2 amide bonds. The first-order valence-electron chi connectivity index (χ1n) is 10.5. The molecule has 5 nitrogen and oxygen atoms in total. The number of benzene rings is 2. The van der Waals surface area contributed by atoms with Crippen molar-refractivity contribution in [3.8, 4) is 5.75 Å². The zero-order valence-electron chi connectivity index (χ0n) is 17.9. The van der Waals surface area contributed by atoms with Crippen LogP contribution in [0.2, 0.25) is 0 Å². The smallest absolute Gasteiger partial charge is 0.227 e. The fourth-order valence-electron chi connectivity index (χ4n) is 3.81. The molecule has 2 atom stereocenters. The Kier molecular flexibility index (Phi) is 7.60. The predicted octanol–water partition coefficient (Wildman–Crippen LogP) is 4.19. The average molecular weight is 430 g/mol. The molecule has 0 N–H and O–H groups in total.